The molecular weight excluding hydrogens is 401 g/mol. The van der Waals surface area contributed by atoms with E-state index in [2.05, 4.69) is 22.6 Å². The van der Waals surface area contributed by atoms with E-state index in [1.54, 1.807) is 12.1 Å². The molecule has 21 heavy (non-hydrogen) atoms. The van der Waals surface area contributed by atoms with E-state index in [-0.39, 0.29) is 17.9 Å². The topological polar surface area (TPSA) is 37.4 Å². The lowest BCUT2D eigenvalue weighted by molar-refractivity contribution is -0.121. The maximum atomic E-state index is 12.8. The van der Waals surface area contributed by atoms with Crippen LogP contribution in [0, 0.1) is 9.49 Å². The molecule has 3 rings (SSSR count). The molecular formula is C16H17ClINO2. The highest BCUT2D eigenvalue weighted by molar-refractivity contribution is 14.1. The van der Waals surface area contributed by atoms with Gasteiger partial charge in [0, 0.05) is 33.5 Å². The van der Waals surface area contributed by atoms with Crippen molar-refractivity contribution in [1.29, 1.82) is 0 Å². The Bertz CT molecular complexity index is 590. The number of hydrogen-bond acceptors (Lipinski definition) is 2. The van der Waals surface area contributed by atoms with Gasteiger partial charge in [-0.25, -0.2) is 0 Å². The number of hydrogen-bond donors (Lipinski definition) is 0. The Morgan fingerprint density at radius 1 is 1.29 bits per heavy atom. The molecule has 112 valence electrons. The van der Waals surface area contributed by atoms with Gasteiger partial charge in [0.2, 0.25) is 0 Å². The van der Waals surface area contributed by atoms with Crippen LogP contribution in [0.2, 0.25) is 5.02 Å². The van der Waals surface area contributed by atoms with Crippen molar-refractivity contribution in [2.75, 3.05) is 6.54 Å². The van der Waals surface area contributed by atoms with Crippen molar-refractivity contribution in [3.63, 3.8) is 0 Å². The molecule has 1 aromatic rings. The summed E-state index contributed by atoms with van der Waals surface area (Å²) in [4.78, 5) is 26.8. The quantitative estimate of drug-likeness (QED) is 0.684. The molecule has 2 unspecified atom stereocenters. The van der Waals surface area contributed by atoms with Crippen molar-refractivity contribution in [2.45, 2.75) is 38.1 Å². The zero-order valence-corrected chi connectivity index (χ0v) is 14.6. The standard InChI is InChI=1S/C16H17ClINO2/c17-10-6-7-13(18)12(9-10)16(21)19-8-2-4-14(19)11-3-1-5-15(11)20/h6-7,9,11,14H,1-5,8H2. The van der Waals surface area contributed by atoms with Gasteiger partial charge in [-0.05, 0) is 66.5 Å². The molecule has 0 spiro atoms. The van der Waals surface area contributed by atoms with E-state index in [1.165, 1.54) is 0 Å². The van der Waals surface area contributed by atoms with Gasteiger partial charge in [0.1, 0.15) is 5.78 Å². The van der Waals surface area contributed by atoms with Crippen LogP contribution in [0.4, 0.5) is 0 Å². The average Bonchev–Trinajstić information content (AvgIpc) is 3.08. The van der Waals surface area contributed by atoms with Crippen molar-refractivity contribution >= 4 is 45.9 Å². The first kappa shape index (κ1) is 15.3. The molecule has 1 amide bonds. The highest BCUT2D eigenvalue weighted by Crippen LogP contribution is 2.34. The number of rotatable bonds is 2. The van der Waals surface area contributed by atoms with Crippen molar-refractivity contribution in [3.05, 3.63) is 32.4 Å². The number of nitrogens with zero attached hydrogens (tertiary/aromatic N) is 1. The predicted octanol–water partition coefficient (Wildman–Crippen LogP) is 3.92. The second-order valence-corrected chi connectivity index (χ2v) is 7.40. The number of ketones is 1. The molecule has 3 nitrogen and oxygen atoms in total. The Hall–Kier alpha value is -0.620. The van der Waals surface area contributed by atoms with Crippen LogP contribution in [0.1, 0.15) is 42.5 Å². The van der Waals surface area contributed by atoms with Crippen molar-refractivity contribution < 1.29 is 9.59 Å². The van der Waals surface area contributed by atoms with Crippen LogP contribution in [0.5, 0.6) is 0 Å². The fourth-order valence-corrected chi connectivity index (χ4v) is 4.27. The normalized spacial score (nSPS) is 25.6. The van der Waals surface area contributed by atoms with Crippen LogP contribution < -0.4 is 0 Å². The van der Waals surface area contributed by atoms with Crippen LogP contribution in [0.15, 0.2) is 18.2 Å². The number of Topliss-reactive ketones (excluding diaryl/α,β-unsaturated/α-hetero) is 1. The van der Waals surface area contributed by atoms with Crippen LogP contribution >= 0.6 is 34.2 Å². The fraction of sp³-hybridized carbons (Fsp3) is 0.500. The van der Waals surface area contributed by atoms with Gasteiger partial charge in [0.05, 0.1) is 5.56 Å². The summed E-state index contributed by atoms with van der Waals surface area (Å²) in [5.74, 6) is 0.401. The maximum Gasteiger partial charge on any atom is 0.255 e. The summed E-state index contributed by atoms with van der Waals surface area (Å²) < 4.78 is 0.908. The lowest BCUT2D eigenvalue weighted by Gasteiger charge is -2.29. The van der Waals surface area contributed by atoms with Crippen molar-refractivity contribution in [1.82, 2.24) is 4.90 Å². The van der Waals surface area contributed by atoms with E-state index >= 15 is 0 Å². The Balaban J connectivity index is 1.86. The van der Waals surface area contributed by atoms with E-state index in [4.69, 9.17) is 11.6 Å². The second-order valence-electron chi connectivity index (χ2n) is 5.80. The minimum Gasteiger partial charge on any atom is -0.335 e. The SMILES string of the molecule is O=C1CCCC1C1CCCN1C(=O)c1cc(Cl)ccc1I. The molecule has 1 heterocycles. The molecule has 0 aromatic heterocycles. The molecule has 2 aliphatic rings. The summed E-state index contributed by atoms with van der Waals surface area (Å²) in [6.45, 7) is 0.746. The second kappa shape index (κ2) is 6.24. The smallest absolute Gasteiger partial charge is 0.255 e. The molecule has 2 atom stereocenters. The number of benzene rings is 1. The number of likely N-dealkylation sites (tertiary alicyclic amines) is 1. The zero-order chi connectivity index (χ0) is 15.0. The average molecular weight is 418 g/mol. The third-order valence-corrected chi connectivity index (χ3v) is 5.71. The Morgan fingerprint density at radius 2 is 2.10 bits per heavy atom. The van der Waals surface area contributed by atoms with Gasteiger partial charge in [-0.2, -0.15) is 0 Å². The molecule has 1 saturated heterocycles. The van der Waals surface area contributed by atoms with Crippen molar-refractivity contribution in [2.24, 2.45) is 5.92 Å². The first-order valence-electron chi connectivity index (χ1n) is 7.36. The van der Waals surface area contributed by atoms with E-state index in [0.717, 1.165) is 35.8 Å². The molecule has 0 bridgehead atoms. The summed E-state index contributed by atoms with van der Waals surface area (Å²) in [6, 6.07) is 5.48. The number of carbonyl (C=O) groups excluding carboxylic acids is 2. The van der Waals surface area contributed by atoms with Gasteiger partial charge in [-0.1, -0.05) is 11.6 Å². The summed E-state index contributed by atoms with van der Waals surface area (Å²) in [5, 5.41) is 0.575. The first-order valence-corrected chi connectivity index (χ1v) is 8.82. The summed E-state index contributed by atoms with van der Waals surface area (Å²) in [6.07, 6.45) is 4.51. The van der Waals surface area contributed by atoms with Gasteiger partial charge in [0.25, 0.3) is 5.91 Å². The monoisotopic (exact) mass is 417 g/mol. The fourth-order valence-electron chi connectivity index (χ4n) is 3.53. The van der Waals surface area contributed by atoms with Gasteiger partial charge in [-0.15, -0.1) is 0 Å². The minimum atomic E-state index is 0.0177. The number of carbonyl (C=O) groups is 2. The number of halogens is 2. The van der Waals surface area contributed by atoms with E-state index in [9.17, 15) is 9.59 Å². The highest BCUT2D eigenvalue weighted by atomic mass is 127. The Kier molecular flexibility index (Phi) is 4.54. The van der Waals surface area contributed by atoms with Crippen LogP contribution in [0.25, 0.3) is 0 Å². The van der Waals surface area contributed by atoms with Gasteiger partial charge in [0.15, 0.2) is 0 Å². The van der Waals surface area contributed by atoms with Crippen LogP contribution in [0.3, 0.4) is 0 Å². The zero-order valence-electron chi connectivity index (χ0n) is 11.6. The lowest BCUT2D eigenvalue weighted by Crippen LogP contribution is -2.41. The molecule has 1 aliphatic heterocycles. The first-order chi connectivity index (χ1) is 10.1. The molecule has 1 aromatic carbocycles. The highest BCUT2D eigenvalue weighted by Gasteiger charge is 2.40. The molecule has 0 N–H and O–H groups in total. The number of amides is 1. The van der Waals surface area contributed by atoms with E-state index < -0.39 is 0 Å². The molecule has 1 saturated carbocycles. The summed E-state index contributed by atoms with van der Waals surface area (Å²) in [7, 11) is 0. The van der Waals surface area contributed by atoms with E-state index in [1.807, 2.05) is 11.0 Å². The molecule has 2 fully saturated rings. The minimum absolute atomic E-state index is 0.0177. The van der Waals surface area contributed by atoms with Crippen molar-refractivity contribution in [3.8, 4) is 0 Å². The summed E-state index contributed by atoms with van der Waals surface area (Å²) >= 11 is 8.19. The van der Waals surface area contributed by atoms with Crippen LogP contribution in [-0.4, -0.2) is 29.2 Å². The summed E-state index contributed by atoms with van der Waals surface area (Å²) in [5.41, 5.74) is 0.653. The lowest BCUT2D eigenvalue weighted by atomic mass is 9.94. The van der Waals surface area contributed by atoms with Gasteiger partial charge < -0.3 is 4.90 Å². The van der Waals surface area contributed by atoms with Crippen LogP contribution in [-0.2, 0) is 4.79 Å². The third kappa shape index (κ3) is 2.97. The van der Waals surface area contributed by atoms with Gasteiger partial charge >= 0.3 is 0 Å². The van der Waals surface area contributed by atoms with Gasteiger partial charge in [-0.3, -0.25) is 9.59 Å². The molecule has 5 heteroatoms. The third-order valence-electron chi connectivity index (χ3n) is 4.54. The molecule has 0 radical (unpaired) electrons. The molecule has 1 aliphatic carbocycles. The largest absolute Gasteiger partial charge is 0.335 e. The van der Waals surface area contributed by atoms with E-state index in [0.29, 0.717) is 22.8 Å². The Morgan fingerprint density at radius 3 is 2.81 bits per heavy atom. The Labute approximate surface area is 143 Å². The predicted molar refractivity (Wildman–Crippen MR) is 90.6 cm³/mol. The maximum absolute atomic E-state index is 12.8.